The molecule has 0 fully saturated rings. The Morgan fingerprint density at radius 3 is 1.97 bits per heavy atom. The SMILES string of the molecule is O=c1c2ccccc2cc(CP(=O)(c2ccccc2)c2ccccc2)n1-c1cccc[n+]1[O-]. The van der Waals surface area contributed by atoms with Crippen LogP contribution in [0.2, 0.25) is 0 Å². The van der Waals surface area contributed by atoms with Gasteiger partial charge in [-0.15, -0.1) is 0 Å². The second-order valence-electron chi connectivity index (χ2n) is 7.82. The molecule has 0 saturated carbocycles. The van der Waals surface area contributed by atoms with Gasteiger partial charge < -0.3 is 9.77 Å². The summed E-state index contributed by atoms with van der Waals surface area (Å²) >= 11 is 0. The van der Waals surface area contributed by atoms with E-state index < -0.39 is 7.14 Å². The van der Waals surface area contributed by atoms with E-state index >= 15 is 0 Å². The number of nitrogens with zero attached hydrogens (tertiary/aromatic N) is 2. The third-order valence-electron chi connectivity index (χ3n) is 5.77. The van der Waals surface area contributed by atoms with Gasteiger partial charge in [-0.2, -0.15) is 4.57 Å². The quantitative estimate of drug-likeness (QED) is 0.229. The molecular formula is C27H21N2O3P. The van der Waals surface area contributed by atoms with Crippen LogP contribution in [0.25, 0.3) is 16.6 Å². The molecule has 0 aliphatic carbocycles. The third kappa shape index (κ3) is 3.77. The zero-order valence-electron chi connectivity index (χ0n) is 17.7. The molecule has 5 nitrogen and oxygen atoms in total. The largest absolute Gasteiger partial charge is 0.711 e. The van der Waals surface area contributed by atoms with Crippen molar-refractivity contribution < 1.29 is 9.30 Å². The van der Waals surface area contributed by atoms with E-state index in [2.05, 4.69) is 0 Å². The summed E-state index contributed by atoms with van der Waals surface area (Å²) in [5.74, 6) is 0.177. The summed E-state index contributed by atoms with van der Waals surface area (Å²) < 4.78 is 16.8. The van der Waals surface area contributed by atoms with Gasteiger partial charge in [0.25, 0.3) is 5.82 Å². The molecule has 0 amide bonds. The predicted octanol–water partition coefficient (Wildman–Crippen LogP) is 4.14. The van der Waals surface area contributed by atoms with E-state index in [4.69, 9.17) is 0 Å². The average molecular weight is 452 g/mol. The summed E-state index contributed by atoms with van der Waals surface area (Å²) in [6, 6.07) is 32.7. The molecule has 0 bridgehead atoms. The molecule has 2 heterocycles. The van der Waals surface area contributed by atoms with Crippen LogP contribution in [-0.2, 0) is 10.7 Å². The summed E-state index contributed by atoms with van der Waals surface area (Å²) in [4.78, 5) is 13.6. The van der Waals surface area contributed by atoms with Gasteiger partial charge in [0.05, 0.1) is 17.7 Å². The average Bonchev–Trinajstić information content (AvgIpc) is 2.86. The Balaban J connectivity index is 1.80. The van der Waals surface area contributed by atoms with Crippen LogP contribution < -0.4 is 20.9 Å². The van der Waals surface area contributed by atoms with Crippen LogP contribution in [0.5, 0.6) is 0 Å². The van der Waals surface area contributed by atoms with Crippen LogP contribution in [-0.4, -0.2) is 4.57 Å². The smallest absolute Gasteiger partial charge is 0.346 e. The maximum atomic E-state index is 14.7. The van der Waals surface area contributed by atoms with Crippen LogP contribution in [0.4, 0.5) is 0 Å². The fourth-order valence-electron chi connectivity index (χ4n) is 4.17. The predicted molar refractivity (Wildman–Crippen MR) is 132 cm³/mol. The summed E-state index contributed by atoms with van der Waals surface area (Å²) in [6.07, 6.45) is 1.45. The van der Waals surface area contributed by atoms with Gasteiger partial charge in [0.1, 0.15) is 5.69 Å². The van der Waals surface area contributed by atoms with E-state index in [1.165, 1.54) is 10.8 Å². The molecule has 0 aliphatic rings. The summed E-state index contributed by atoms with van der Waals surface area (Å²) in [5, 5.41) is 15.3. The summed E-state index contributed by atoms with van der Waals surface area (Å²) in [7, 11) is -3.18. The van der Waals surface area contributed by atoms with Crippen molar-refractivity contribution in [2.45, 2.75) is 6.16 Å². The first kappa shape index (κ1) is 20.9. The van der Waals surface area contributed by atoms with Crippen molar-refractivity contribution in [3.63, 3.8) is 0 Å². The van der Waals surface area contributed by atoms with Crippen molar-refractivity contribution in [1.82, 2.24) is 4.57 Å². The Hall–Kier alpha value is -3.95. The summed E-state index contributed by atoms with van der Waals surface area (Å²) in [6.45, 7) is 0. The zero-order valence-corrected chi connectivity index (χ0v) is 18.6. The maximum absolute atomic E-state index is 14.7. The number of rotatable bonds is 5. The topological polar surface area (TPSA) is 66.0 Å². The molecule has 0 radical (unpaired) electrons. The molecular weight excluding hydrogens is 431 g/mol. The summed E-state index contributed by atoms with van der Waals surface area (Å²) in [5.41, 5.74) is 0.206. The number of benzene rings is 3. The number of pyridine rings is 2. The molecule has 0 unspecified atom stereocenters. The number of aromatic nitrogens is 2. The Morgan fingerprint density at radius 2 is 1.33 bits per heavy atom. The minimum absolute atomic E-state index is 0.0932. The van der Waals surface area contributed by atoms with Gasteiger partial charge in [-0.05, 0) is 23.6 Å². The lowest BCUT2D eigenvalue weighted by atomic mass is 10.1. The van der Waals surface area contributed by atoms with Crippen LogP contribution in [0.3, 0.4) is 0 Å². The zero-order chi connectivity index (χ0) is 22.8. The van der Waals surface area contributed by atoms with Gasteiger partial charge in [0.2, 0.25) is 0 Å². The molecule has 162 valence electrons. The van der Waals surface area contributed by atoms with Crippen molar-refractivity contribution in [1.29, 1.82) is 0 Å². The van der Waals surface area contributed by atoms with E-state index in [1.54, 1.807) is 30.3 Å². The highest BCUT2D eigenvalue weighted by molar-refractivity contribution is 7.78. The monoisotopic (exact) mass is 452 g/mol. The Labute approximate surface area is 191 Å². The molecule has 3 aromatic carbocycles. The molecule has 0 atom stereocenters. The fourth-order valence-corrected chi connectivity index (χ4v) is 6.83. The van der Waals surface area contributed by atoms with E-state index in [0.717, 1.165) is 5.39 Å². The maximum Gasteiger partial charge on any atom is 0.346 e. The highest BCUT2D eigenvalue weighted by Gasteiger charge is 2.32. The fraction of sp³-hybridized carbons (Fsp3) is 0.0370. The first-order valence-electron chi connectivity index (χ1n) is 10.6. The van der Waals surface area contributed by atoms with Crippen molar-refractivity contribution in [2.75, 3.05) is 0 Å². The molecule has 2 aromatic heterocycles. The molecule has 0 saturated heterocycles. The lowest BCUT2D eigenvalue weighted by Gasteiger charge is -2.20. The van der Waals surface area contributed by atoms with Gasteiger partial charge in [-0.3, -0.25) is 0 Å². The van der Waals surface area contributed by atoms with Crippen molar-refractivity contribution in [3.8, 4) is 5.82 Å². The highest BCUT2D eigenvalue weighted by Crippen LogP contribution is 2.47. The Morgan fingerprint density at radius 1 is 0.758 bits per heavy atom. The van der Waals surface area contributed by atoms with E-state index in [1.807, 2.05) is 78.9 Å². The van der Waals surface area contributed by atoms with Crippen LogP contribution >= 0.6 is 7.14 Å². The lowest BCUT2D eigenvalue weighted by Crippen LogP contribution is -2.37. The first-order valence-corrected chi connectivity index (χ1v) is 12.5. The number of hydrogen-bond donors (Lipinski definition) is 0. The normalized spacial score (nSPS) is 11.5. The number of fused-ring (bicyclic) bond motifs is 1. The Kier molecular flexibility index (Phi) is 5.41. The molecule has 0 spiro atoms. The van der Waals surface area contributed by atoms with Crippen molar-refractivity contribution in [3.05, 3.63) is 137 Å². The molecule has 0 aliphatic heterocycles. The van der Waals surface area contributed by atoms with E-state index in [0.29, 0.717) is 26.4 Å². The molecule has 5 aromatic rings. The van der Waals surface area contributed by atoms with Gasteiger partial charge in [-0.1, -0.05) is 84.9 Å². The lowest BCUT2D eigenvalue weighted by molar-refractivity contribution is -0.599. The second-order valence-corrected chi connectivity index (χ2v) is 10.6. The van der Waals surface area contributed by atoms with Gasteiger partial charge in [0, 0.05) is 16.7 Å². The van der Waals surface area contributed by atoms with Crippen molar-refractivity contribution in [2.24, 2.45) is 0 Å². The van der Waals surface area contributed by atoms with Gasteiger partial charge >= 0.3 is 5.56 Å². The number of hydrogen-bond acceptors (Lipinski definition) is 3. The molecule has 6 heteroatoms. The second kappa shape index (κ2) is 8.53. The highest BCUT2D eigenvalue weighted by atomic mass is 31.2. The molecule has 0 N–H and O–H groups in total. The van der Waals surface area contributed by atoms with Crippen LogP contribution in [0.15, 0.2) is 120 Å². The molecule has 5 rings (SSSR count). The molecule has 33 heavy (non-hydrogen) atoms. The minimum atomic E-state index is -3.18. The first-order chi connectivity index (χ1) is 16.1. The van der Waals surface area contributed by atoms with Crippen LogP contribution in [0, 0.1) is 5.21 Å². The Bertz CT molecular complexity index is 1500. The van der Waals surface area contributed by atoms with Gasteiger partial charge in [0.15, 0.2) is 7.14 Å². The van der Waals surface area contributed by atoms with E-state index in [9.17, 15) is 14.6 Å². The van der Waals surface area contributed by atoms with E-state index in [-0.39, 0.29) is 17.5 Å². The third-order valence-corrected chi connectivity index (χ3v) is 8.80. The van der Waals surface area contributed by atoms with Crippen molar-refractivity contribution >= 4 is 28.5 Å². The minimum Gasteiger partial charge on any atom is -0.711 e. The standard InChI is InChI=1S/C27H21N2O3P/c30-27-25-16-8-7-11-21(25)19-22(29(27)26-17-9-10-18-28(26)31)20-33(32,23-12-3-1-4-13-23)24-14-5-2-6-15-24/h1-19H,20H2. The van der Waals surface area contributed by atoms with Crippen LogP contribution in [0.1, 0.15) is 5.69 Å². The van der Waals surface area contributed by atoms with Gasteiger partial charge in [-0.25, -0.2) is 9.52 Å².